The number of fused-ring (bicyclic) bond motifs is 3. The van der Waals surface area contributed by atoms with Crippen LogP contribution in [0.4, 0.5) is 5.69 Å². The summed E-state index contributed by atoms with van der Waals surface area (Å²) in [6, 6.07) is 8.63. The number of aliphatic hydroxyl groups is 1. The van der Waals surface area contributed by atoms with Crippen LogP contribution in [0.2, 0.25) is 0 Å². The quantitative estimate of drug-likeness (QED) is 0.374. The lowest BCUT2D eigenvalue weighted by Crippen LogP contribution is -2.68. The Bertz CT molecular complexity index is 1550. The zero-order valence-corrected chi connectivity index (χ0v) is 22.2. The molecule has 0 saturated heterocycles. The van der Waals surface area contributed by atoms with Gasteiger partial charge in [0, 0.05) is 37.7 Å². The highest BCUT2D eigenvalue weighted by atomic mass is 16.5. The minimum absolute atomic E-state index is 0.0354. The zero-order valence-electron chi connectivity index (χ0n) is 22.2. The van der Waals surface area contributed by atoms with Gasteiger partial charge in [-0.15, -0.1) is 0 Å². The second-order valence-electron chi connectivity index (χ2n) is 10.8. The van der Waals surface area contributed by atoms with Gasteiger partial charge in [0.25, 0.3) is 0 Å². The van der Waals surface area contributed by atoms with E-state index in [1.54, 1.807) is 56.4 Å². The topological polar surface area (TPSA) is 164 Å². The van der Waals surface area contributed by atoms with E-state index in [2.05, 4.69) is 11.8 Å². The van der Waals surface area contributed by atoms with Gasteiger partial charge < -0.3 is 25.6 Å². The molecule has 0 aliphatic heterocycles. The van der Waals surface area contributed by atoms with Gasteiger partial charge in [-0.1, -0.05) is 11.8 Å². The molecule has 0 heterocycles. The molecule has 2 aromatic rings. The van der Waals surface area contributed by atoms with Crippen LogP contribution in [0.1, 0.15) is 39.9 Å². The Balaban J connectivity index is 1.59. The highest BCUT2D eigenvalue weighted by Gasteiger charge is 2.66. The van der Waals surface area contributed by atoms with Gasteiger partial charge in [0.15, 0.2) is 34.7 Å². The summed E-state index contributed by atoms with van der Waals surface area (Å²) in [6.07, 6.45) is -0.149. The molecule has 40 heavy (non-hydrogen) atoms. The first-order chi connectivity index (χ1) is 18.9. The number of phenols is 1. The van der Waals surface area contributed by atoms with Gasteiger partial charge in [-0.05, 0) is 54.7 Å². The van der Waals surface area contributed by atoms with Crippen molar-refractivity contribution in [1.29, 1.82) is 0 Å². The van der Waals surface area contributed by atoms with Crippen molar-refractivity contribution in [2.24, 2.45) is 29.4 Å². The molecule has 10 nitrogen and oxygen atoms in total. The molecule has 0 radical (unpaired) electrons. The SMILES string of the molecule is COc1ccc(C#Cc2cc(N(C)C)c3c(c2O)C(=O)C2C(=O)[C@]4(O)C(=O)C(C(N)=O)C(=O)C[C@@H]4C[C@@H]2C3)cc1. The van der Waals surface area contributed by atoms with Crippen molar-refractivity contribution in [2.45, 2.75) is 24.9 Å². The summed E-state index contributed by atoms with van der Waals surface area (Å²) in [5.41, 5.74) is 4.40. The van der Waals surface area contributed by atoms with Crippen LogP contribution in [0.3, 0.4) is 0 Å². The van der Waals surface area contributed by atoms with Gasteiger partial charge in [-0.25, -0.2) is 0 Å². The number of Topliss-reactive ketones (excluding diaryl/α,β-unsaturated/α-hetero) is 4. The van der Waals surface area contributed by atoms with Crippen molar-refractivity contribution in [2.75, 3.05) is 26.1 Å². The van der Waals surface area contributed by atoms with Gasteiger partial charge in [0.2, 0.25) is 5.91 Å². The molecule has 5 rings (SSSR count). The van der Waals surface area contributed by atoms with E-state index in [9.17, 15) is 34.2 Å². The first kappa shape index (κ1) is 27.1. The second-order valence-corrected chi connectivity index (χ2v) is 10.8. The number of hydrogen-bond donors (Lipinski definition) is 3. The maximum atomic E-state index is 13.9. The van der Waals surface area contributed by atoms with Crippen LogP contribution in [0.15, 0.2) is 30.3 Å². The first-order valence-corrected chi connectivity index (χ1v) is 12.8. The maximum Gasteiger partial charge on any atom is 0.235 e. The van der Waals surface area contributed by atoms with Crippen LogP contribution in [0.5, 0.6) is 11.5 Å². The summed E-state index contributed by atoms with van der Waals surface area (Å²) >= 11 is 0. The van der Waals surface area contributed by atoms with Crippen LogP contribution in [-0.2, 0) is 25.6 Å². The summed E-state index contributed by atoms with van der Waals surface area (Å²) in [7, 11) is 5.10. The monoisotopic (exact) mass is 544 g/mol. The molecule has 2 saturated carbocycles. The minimum Gasteiger partial charge on any atom is -0.506 e. The van der Waals surface area contributed by atoms with Gasteiger partial charge in [0.1, 0.15) is 11.5 Å². The number of primary amides is 1. The molecule has 3 aliphatic rings. The van der Waals surface area contributed by atoms with Crippen LogP contribution < -0.4 is 15.4 Å². The van der Waals surface area contributed by atoms with E-state index in [4.69, 9.17) is 10.5 Å². The Morgan fingerprint density at radius 2 is 1.75 bits per heavy atom. The summed E-state index contributed by atoms with van der Waals surface area (Å²) < 4.78 is 5.15. The van der Waals surface area contributed by atoms with Gasteiger partial charge in [-0.2, -0.15) is 0 Å². The number of anilines is 1. The number of nitrogens with two attached hydrogens (primary N) is 1. The van der Waals surface area contributed by atoms with E-state index >= 15 is 0 Å². The zero-order chi connectivity index (χ0) is 29.1. The van der Waals surface area contributed by atoms with Crippen LogP contribution >= 0.6 is 0 Å². The van der Waals surface area contributed by atoms with E-state index in [1.165, 1.54) is 0 Å². The van der Waals surface area contributed by atoms with E-state index in [0.717, 1.165) is 0 Å². The number of rotatable bonds is 3. The molecule has 0 aromatic heterocycles. The number of hydrogen-bond acceptors (Lipinski definition) is 9. The number of phenolic OH excluding ortho intramolecular Hbond substituents is 1. The predicted molar refractivity (Wildman–Crippen MR) is 142 cm³/mol. The standard InChI is InChI=1S/C30H28N2O8/c1-32(2)20-12-15(7-4-14-5-8-18(40-3)9-6-14)25(34)23-19(20)11-16-10-17-13-21(33)24(29(31)38)28(37)30(17,39)27(36)22(16)26(23)35/h5-6,8-9,12,16-17,22,24,34,39H,10-11,13H2,1-3H3,(H2,31,38)/t16-,17+,22?,24?,30+/m1/s1. The fraction of sp³-hybridized carbons (Fsp3) is 0.367. The van der Waals surface area contributed by atoms with Crippen molar-refractivity contribution in [3.05, 3.63) is 52.6 Å². The lowest BCUT2D eigenvalue weighted by molar-refractivity contribution is -0.175. The van der Waals surface area contributed by atoms with Crippen molar-refractivity contribution < 1.29 is 38.9 Å². The molecular weight excluding hydrogens is 516 g/mol. The number of carbonyl (C=O) groups excluding carboxylic acids is 5. The van der Waals surface area contributed by atoms with E-state index in [1.807, 2.05) is 0 Å². The fourth-order valence-corrected chi connectivity index (χ4v) is 6.32. The van der Waals surface area contributed by atoms with Gasteiger partial charge in [-0.3, -0.25) is 24.0 Å². The third-order valence-corrected chi connectivity index (χ3v) is 8.29. The molecule has 2 unspecified atom stereocenters. The summed E-state index contributed by atoms with van der Waals surface area (Å²) in [6.45, 7) is 0. The van der Waals surface area contributed by atoms with E-state index < -0.39 is 64.1 Å². The summed E-state index contributed by atoms with van der Waals surface area (Å²) in [5, 5.41) is 22.6. The molecule has 3 aliphatic carbocycles. The Morgan fingerprint density at radius 1 is 1.07 bits per heavy atom. The molecule has 2 fully saturated rings. The smallest absolute Gasteiger partial charge is 0.235 e. The Morgan fingerprint density at radius 3 is 2.35 bits per heavy atom. The normalized spacial score (nSPS) is 27.1. The molecule has 0 bridgehead atoms. The lowest BCUT2D eigenvalue weighted by atomic mass is 9.53. The van der Waals surface area contributed by atoms with Crippen molar-refractivity contribution in [3.8, 4) is 23.3 Å². The second kappa shape index (κ2) is 9.61. The Labute approximate surface area is 230 Å². The van der Waals surface area contributed by atoms with E-state index in [-0.39, 0.29) is 30.4 Å². The van der Waals surface area contributed by atoms with Crippen LogP contribution in [0.25, 0.3) is 0 Å². The number of methoxy groups -OCH3 is 1. The predicted octanol–water partition coefficient (Wildman–Crippen LogP) is 0.801. The number of benzene rings is 2. The molecule has 1 amide bonds. The molecule has 5 atom stereocenters. The third kappa shape index (κ3) is 3.97. The molecule has 206 valence electrons. The molecule has 4 N–H and O–H groups in total. The Kier molecular flexibility index (Phi) is 6.51. The largest absolute Gasteiger partial charge is 0.506 e. The lowest BCUT2D eigenvalue weighted by Gasteiger charge is -2.48. The number of carbonyl (C=O) groups is 5. The first-order valence-electron chi connectivity index (χ1n) is 12.8. The van der Waals surface area contributed by atoms with Crippen LogP contribution in [-0.4, -0.2) is 66.1 Å². The number of aromatic hydroxyl groups is 1. The Hall–Kier alpha value is -4.49. The summed E-state index contributed by atoms with van der Waals surface area (Å²) in [4.78, 5) is 66.9. The van der Waals surface area contributed by atoms with Gasteiger partial charge in [0.05, 0.1) is 24.2 Å². The molecule has 2 aromatic carbocycles. The molecule has 0 spiro atoms. The number of amides is 1. The fourth-order valence-electron chi connectivity index (χ4n) is 6.32. The number of ether oxygens (including phenoxy) is 1. The van der Waals surface area contributed by atoms with E-state index in [0.29, 0.717) is 22.6 Å². The van der Waals surface area contributed by atoms with Crippen LogP contribution in [0, 0.1) is 35.5 Å². The average molecular weight is 545 g/mol. The molecular formula is C30H28N2O8. The average Bonchev–Trinajstić information content (AvgIpc) is 2.90. The third-order valence-electron chi connectivity index (χ3n) is 8.29. The summed E-state index contributed by atoms with van der Waals surface area (Å²) in [5.74, 6) is -4.02. The number of nitrogens with zero attached hydrogens (tertiary/aromatic N) is 1. The highest BCUT2D eigenvalue weighted by Crippen LogP contribution is 2.51. The highest BCUT2D eigenvalue weighted by molar-refractivity contribution is 6.31. The minimum atomic E-state index is -2.69. The molecule has 10 heteroatoms. The van der Waals surface area contributed by atoms with Crippen molar-refractivity contribution in [3.63, 3.8) is 0 Å². The maximum absolute atomic E-state index is 13.9. The van der Waals surface area contributed by atoms with Crippen molar-refractivity contribution >= 4 is 34.7 Å². The van der Waals surface area contributed by atoms with Gasteiger partial charge >= 0.3 is 0 Å². The van der Waals surface area contributed by atoms with Crippen molar-refractivity contribution in [1.82, 2.24) is 0 Å². The number of ketones is 4.